The van der Waals surface area contributed by atoms with Crippen molar-refractivity contribution in [3.8, 4) is 28.0 Å². The van der Waals surface area contributed by atoms with Gasteiger partial charge in [0.25, 0.3) is 11.5 Å². The molecule has 1 amide bonds. The van der Waals surface area contributed by atoms with E-state index in [0.717, 1.165) is 38.8 Å². The molecule has 1 saturated heterocycles. The van der Waals surface area contributed by atoms with Crippen LogP contribution in [0.1, 0.15) is 33.5 Å². The summed E-state index contributed by atoms with van der Waals surface area (Å²) < 4.78 is 28.6. The number of aryl methyl sites for hydroxylation is 1. The number of nitrogens with zero attached hydrogens (tertiary/aromatic N) is 2. The number of hydrogen-bond acceptors (Lipinski definition) is 6. The predicted octanol–water partition coefficient (Wildman–Crippen LogP) is 4.31. The molecule has 5 rings (SSSR count). The number of carbonyl (C=O) groups is 1. The number of rotatable bonds is 8. The second-order valence-corrected chi connectivity index (χ2v) is 10.8. The highest BCUT2D eigenvalue weighted by molar-refractivity contribution is 6.04. The summed E-state index contributed by atoms with van der Waals surface area (Å²) in [6.07, 6.45) is 2.13. The minimum absolute atomic E-state index is 0.140. The fourth-order valence-corrected chi connectivity index (χ4v) is 5.52. The summed E-state index contributed by atoms with van der Waals surface area (Å²) >= 11 is 0. The maximum Gasteiger partial charge on any atom is 0.330 e. The van der Waals surface area contributed by atoms with Crippen molar-refractivity contribution in [1.82, 2.24) is 14.5 Å². The lowest BCUT2D eigenvalue weighted by molar-refractivity contribution is 0.102. The topological polar surface area (TPSA) is 104 Å². The molecule has 224 valence electrons. The molecule has 1 aliphatic rings. The van der Waals surface area contributed by atoms with E-state index in [0.29, 0.717) is 42.3 Å². The third-order valence-electron chi connectivity index (χ3n) is 8.08. The lowest BCUT2D eigenvalue weighted by atomic mass is 9.90. The molecule has 43 heavy (non-hydrogen) atoms. The van der Waals surface area contributed by atoms with Crippen molar-refractivity contribution in [2.75, 3.05) is 25.6 Å². The predicted molar refractivity (Wildman–Crippen MR) is 164 cm³/mol. The molecule has 4 aromatic rings. The van der Waals surface area contributed by atoms with Gasteiger partial charge in [0.2, 0.25) is 0 Å². The van der Waals surface area contributed by atoms with Gasteiger partial charge in [-0.3, -0.25) is 14.2 Å². The van der Waals surface area contributed by atoms with Gasteiger partial charge in [0, 0.05) is 50.7 Å². The summed E-state index contributed by atoms with van der Waals surface area (Å²) in [5.74, 6) is -0.493. The highest BCUT2D eigenvalue weighted by atomic mass is 19.1. The SMILES string of the molecule is COc1cc(-c2cccc(-c3cccc(NC(=O)c4cn(C)c(=O)n(C)c4=O)c3C)c2C)cc(F)c1CNC1CCOC1. The Labute approximate surface area is 248 Å². The van der Waals surface area contributed by atoms with Crippen molar-refractivity contribution in [3.63, 3.8) is 0 Å². The van der Waals surface area contributed by atoms with Crippen molar-refractivity contribution < 1.29 is 18.7 Å². The molecule has 1 aliphatic heterocycles. The van der Waals surface area contributed by atoms with E-state index in [1.165, 1.54) is 38.0 Å². The zero-order valence-electron chi connectivity index (χ0n) is 24.9. The smallest absolute Gasteiger partial charge is 0.330 e. The van der Waals surface area contributed by atoms with Crippen LogP contribution in [0.3, 0.4) is 0 Å². The number of methoxy groups -OCH3 is 1. The first kappa shape index (κ1) is 29.9. The maximum atomic E-state index is 15.5. The van der Waals surface area contributed by atoms with E-state index in [9.17, 15) is 14.4 Å². The van der Waals surface area contributed by atoms with Crippen molar-refractivity contribution >= 4 is 11.6 Å². The van der Waals surface area contributed by atoms with Crippen LogP contribution in [0.4, 0.5) is 10.1 Å². The van der Waals surface area contributed by atoms with E-state index in [2.05, 4.69) is 10.6 Å². The number of nitrogens with one attached hydrogen (secondary N) is 2. The molecule has 2 N–H and O–H groups in total. The molecule has 3 aromatic carbocycles. The van der Waals surface area contributed by atoms with Crippen molar-refractivity contribution in [2.24, 2.45) is 14.1 Å². The van der Waals surface area contributed by atoms with Gasteiger partial charge in [0.05, 0.1) is 13.7 Å². The number of halogens is 1. The normalized spacial score (nSPS) is 14.6. The minimum atomic E-state index is -0.671. The molecule has 0 saturated carbocycles. The van der Waals surface area contributed by atoms with Crippen LogP contribution in [0.15, 0.2) is 64.3 Å². The Morgan fingerprint density at radius 3 is 2.44 bits per heavy atom. The number of carbonyl (C=O) groups excluding carboxylic acids is 1. The van der Waals surface area contributed by atoms with E-state index in [-0.39, 0.29) is 17.4 Å². The largest absolute Gasteiger partial charge is 0.496 e. The van der Waals surface area contributed by atoms with Gasteiger partial charge in [-0.15, -0.1) is 0 Å². The second-order valence-electron chi connectivity index (χ2n) is 10.8. The fraction of sp³-hybridized carbons (Fsp3) is 0.303. The molecule has 10 heteroatoms. The maximum absolute atomic E-state index is 15.5. The summed E-state index contributed by atoms with van der Waals surface area (Å²) in [6, 6.07) is 14.9. The third-order valence-corrected chi connectivity index (χ3v) is 8.08. The summed E-state index contributed by atoms with van der Waals surface area (Å²) in [5, 5.41) is 6.18. The molecule has 1 fully saturated rings. The second kappa shape index (κ2) is 12.4. The first-order valence-corrected chi connectivity index (χ1v) is 14.1. The first-order chi connectivity index (χ1) is 20.6. The van der Waals surface area contributed by atoms with Gasteiger partial charge in [-0.2, -0.15) is 0 Å². The zero-order chi connectivity index (χ0) is 30.8. The third kappa shape index (κ3) is 5.89. The van der Waals surface area contributed by atoms with Gasteiger partial charge in [0.15, 0.2) is 0 Å². The van der Waals surface area contributed by atoms with Gasteiger partial charge in [-0.25, -0.2) is 9.18 Å². The number of benzene rings is 3. The molecule has 2 heterocycles. The number of ether oxygens (including phenoxy) is 2. The molecule has 0 spiro atoms. The monoisotopic (exact) mass is 586 g/mol. The lowest BCUT2D eigenvalue weighted by Gasteiger charge is -2.18. The average molecular weight is 587 g/mol. The van der Waals surface area contributed by atoms with Crippen molar-refractivity contribution in [3.05, 3.63) is 104 Å². The van der Waals surface area contributed by atoms with E-state index in [1.54, 1.807) is 6.07 Å². The van der Waals surface area contributed by atoms with Crippen LogP contribution in [0.25, 0.3) is 22.3 Å². The van der Waals surface area contributed by atoms with Gasteiger partial charge in [-0.1, -0.05) is 30.3 Å². The summed E-state index contributed by atoms with van der Waals surface area (Å²) in [4.78, 5) is 37.7. The highest BCUT2D eigenvalue weighted by Crippen LogP contribution is 2.37. The lowest BCUT2D eigenvalue weighted by Crippen LogP contribution is -2.40. The minimum Gasteiger partial charge on any atom is -0.496 e. The Bertz CT molecular complexity index is 1820. The van der Waals surface area contributed by atoms with Crippen LogP contribution >= 0.6 is 0 Å². The fourth-order valence-electron chi connectivity index (χ4n) is 5.52. The van der Waals surface area contributed by atoms with E-state index in [1.807, 2.05) is 50.2 Å². The Morgan fingerprint density at radius 2 is 1.74 bits per heavy atom. The van der Waals surface area contributed by atoms with Crippen LogP contribution in [0.5, 0.6) is 5.75 Å². The Hall–Kier alpha value is -4.54. The number of amides is 1. The number of anilines is 1. The van der Waals surface area contributed by atoms with Crippen LogP contribution in [-0.4, -0.2) is 41.4 Å². The molecular weight excluding hydrogens is 551 g/mol. The van der Waals surface area contributed by atoms with Crippen molar-refractivity contribution in [2.45, 2.75) is 32.9 Å². The molecular formula is C33H35FN4O5. The Morgan fingerprint density at radius 1 is 1.05 bits per heavy atom. The first-order valence-electron chi connectivity index (χ1n) is 14.1. The van der Waals surface area contributed by atoms with Gasteiger partial charge < -0.3 is 24.7 Å². The quantitative estimate of drug-likeness (QED) is 0.319. The van der Waals surface area contributed by atoms with Gasteiger partial charge in [0.1, 0.15) is 17.1 Å². The average Bonchev–Trinajstić information content (AvgIpc) is 3.52. The van der Waals surface area contributed by atoms with Gasteiger partial charge >= 0.3 is 5.69 Å². The number of hydrogen-bond donors (Lipinski definition) is 2. The standard InChI is InChI=1S/C33H35FN4O5/c1-19-23(21-14-28(34)26(30(15-21)42-5)16-35-22-12-13-43-18-22)8-6-9-24(19)25-10-7-11-29(20(25)2)36-31(39)27-17-37(3)33(41)38(4)32(27)40/h6-11,14-15,17,22,35H,12-13,16,18H2,1-5H3,(H,36,39). The molecule has 0 bridgehead atoms. The van der Waals surface area contributed by atoms with Crippen LogP contribution < -0.4 is 26.6 Å². The Balaban J connectivity index is 1.47. The molecule has 1 atom stereocenters. The number of aromatic nitrogens is 2. The zero-order valence-corrected chi connectivity index (χ0v) is 24.9. The highest BCUT2D eigenvalue weighted by Gasteiger charge is 2.20. The molecule has 0 radical (unpaired) electrons. The Kier molecular flexibility index (Phi) is 8.61. The molecule has 1 aromatic heterocycles. The summed E-state index contributed by atoms with van der Waals surface area (Å²) in [5.41, 5.74) is 4.71. The molecule has 1 unspecified atom stereocenters. The van der Waals surface area contributed by atoms with Crippen LogP contribution in [0, 0.1) is 19.7 Å². The van der Waals surface area contributed by atoms with Gasteiger partial charge in [-0.05, 0) is 71.8 Å². The summed E-state index contributed by atoms with van der Waals surface area (Å²) in [7, 11) is 4.36. The van der Waals surface area contributed by atoms with Crippen LogP contribution in [-0.2, 0) is 25.4 Å². The van der Waals surface area contributed by atoms with Crippen molar-refractivity contribution in [1.29, 1.82) is 0 Å². The van der Waals surface area contributed by atoms with E-state index in [4.69, 9.17) is 9.47 Å². The molecule has 0 aliphatic carbocycles. The van der Waals surface area contributed by atoms with E-state index >= 15 is 4.39 Å². The molecule has 9 nitrogen and oxygen atoms in total. The summed E-state index contributed by atoms with van der Waals surface area (Å²) in [6.45, 7) is 5.52. The van der Waals surface area contributed by atoms with Crippen LogP contribution in [0.2, 0.25) is 0 Å². The van der Waals surface area contributed by atoms with E-state index < -0.39 is 17.2 Å².